The van der Waals surface area contributed by atoms with Gasteiger partial charge in [-0.05, 0) is 38.0 Å². The van der Waals surface area contributed by atoms with Crippen molar-refractivity contribution in [1.29, 1.82) is 0 Å². The molecule has 0 unspecified atom stereocenters. The molecule has 0 spiro atoms. The number of nitrogens with one attached hydrogen (secondary N) is 1. The van der Waals surface area contributed by atoms with Gasteiger partial charge in [-0.3, -0.25) is 4.79 Å². The lowest BCUT2D eigenvalue weighted by Gasteiger charge is -2.17. The molecule has 1 aliphatic carbocycles. The maximum atomic E-state index is 11.9. The number of amides is 1. The summed E-state index contributed by atoms with van der Waals surface area (Å²) in [6, 6.07) is 4.96. The van der Waals surface area contributed by atoms with Gasteiger partial charge in [-0.15, -0.1) is 0 Å². The number of rotatable bonds is 6. The van der Waals surface area contributed by atoms with Gasteiger partial charge in [0.15, 0.2) is 17.6 Å². The van der Waals surface area contributed by atoms with Crippen LogP contribution in [-0.4, -0.2) is 38.2 Å². The summed E-state index contributed by atoms with van der Waals surface area (Å²) < 4.78 is 15.4. The van der Waals surface area contributed by atoms with Crippen LogP contribution in [0.2, 0.25) is 0 Å². The number of carbonyl (C=O) groups excluding carboxylic acids is 2. The Morgan fingerprint density at radius 2 is 1.95 bits per heavy atom. The lowest BCUT2D eigenvalue weighted by atomic mass is 10.2. The van der Waals surface area contributed by atoms with E-state index in [0.717, 1.165) is 12.8 Å². The predicted octanol–water partition coefficient (Wildman–Crippen LogP) is 1.53. The SMILES string of the molecule is COC(=O)c1ccc(O[C@@H](C)C(=O)NC2CC2)c(OC)c1. The molecule has 114 valence electrons. The van der Waals surface area contributed by atoms with E-state index < -0.39 is 12.1 Å². The highest BCUT2D eigenvalue weighted by atomic mass is 16.5. The van der Waals surface area contributed by atoms with Crippen LogP contribution in [-0.2, 0) is 9.53 Å². The molecule has 1 fully saturated rings. The molecule has 1 aromatic rings. The van der Waals surface area contributed by atoms with Crippen molar-refractivity contribution in [1.82, 2.24) is 5.32 Å². The van der Waals surface area contributed by atoms with Crippen LogP contribution in [0.25, 0.3) is 0 Å². The first kappa shape index (κ1) is 15.2. The van der Waals surface area contributed by atoms with E-state index in [1.165, 1.54) is 20.3 Å². The lowest BCUT2D eigenvalue weighted by Crippen LogP contribution is -2.37. The molecule has 0 aliphatic heterocycles. The molecule has 6 nitrogen and oxygen atoms in total. The van der Waals surface area contributed by atoms with Gasteiger partial charge in [0.2, 0.25) is 0 Å². The van der Waals surface area contributed by atoms with Gasteiger partial charge in [-0.2, -0.15) is 0 Å². The lowest BCUT2D eigenvalue weighted by molar-refractivity contribution is -0.127. The largest absolute Gasteiger partial charge is 0.493 e. The van der Waals surface area contributed by atoms with Gasteiger partial charge in [-0.25, -0.2) is 4.79 Å². The van der Waals surface area contributed by atoms with Crippen LogP contribution in [0, 0.1) is 0 Å². The van der Waals surface area contributed by atoms with Gasteiger partial charge >= 0.3 is 5.97 Å². The van der Waals surface area contributed by atoms with E-state index in [-0.39, 0.29) is 11.9 Å². The quantitative estimate of drug-likeness (QED) is 0.805. The molecule has 2 rings (SSSR count). The van der Waals surface area contributed by atoms with Crippen molar-refractivity contribution in [2.45, 2.75) is 31.9 Å². The molecule has 0 saturated heterocycles. The molecule has 0 radical (unpaired) electrons. The van der Waals surface area contributed by atoms with Gasteiger partial charge < -0.3 is 19.5 Å². The molecule has 1 saturated carbocycles. The van der Waals surface area contributed by atoms with Gasteiger partial charge in [0.25, 0.3) is 5.91 Å². The van der Waals surface area contributed by atoms with Crippen molar-refractivity contribution in [2.24, 2.45) is 0 Å². The monoisotopic (exact) mass is 293 g/mol. The van der Waals surface area contributed by atoms with Crippen molar-refractivity contribution >= 4 is 11.9 Å². The van der Waals surface area contributed by atoms with E-state index in [1.54, 1.807) is 19.1 Å². The van der Waals surface area contributed by atoms with Crippen LogP contribution in [0.5, 0.6) is 11.5 Å². The summed E-state index contributed by atoms with van der Waals surface area (Å²) >= 11 is 0. The zero-order valence-electron chi connectivity index (χ0n) is 12.3. The van der Waals surface area contributed by atoms with Crippen molar-refractivity contribution in [3.8, 4) is 11.5 Å². The number of benzene rings is 1. The third-order valence-electron chi connectivity index (χ3n) is 3.18. The summed E-state index contributed by atoms with van der Waals surface area (Å²) in [5.41, 5.74) is 0.358. The van der Waals surface area contributed by atoms with E-state index in [2.05, 4.69) is 10.1 Å². The highest BCUT2D eigenvalue weighted by Crippen LogP contribution is 2.29. The molecular formula is C15H19NO5. The number of esters is 1. The summed E-state index contributed by atoms with van der Waals surface area (Å²) in [6.45, 7) is 1.67. The highest BCUT2D eigenvalue weighted by Gasteiger charge is 2.26. The Labute approximate surface area is 123 Å². The van der Waals surface area contributed by atoms with Gasteiger partial charge in [-0.1, -0.05) is 0 Å². The number of methoxy groups -OCH3 is 2. The molecule has 0 bridgehead atoms. The topological polar surface area (TPSA) is 73.9 Å². The van der Waals surface area contributed by atoms with E-state index in [4.69, 9.17) is 9.47 Å². The Kier molecular flexibility index (Phi) is 4.67. The first-order chi connectivity index (χ1) is 10.0. The number of hydrogen-bond donors (Lipinski definition) is 1. The van der Waals surface area contributed by atoms with Crippen LogP contribution < -0.4 is 14.8 Å². The average molecular weight is 293 g/mol. The van der Waals surface area contributed by atoms with E-state index in [0.29, 0.717) is 17.1 Å². The van der Waals surface area contributed by atoms with E-state index in [9.17, 15) is 9.59 Å². The smallest absolute Gasteiger partial charge is 0.337 e. The molecule has 6 heteroatoms. The summed E-state index contributed by atoms with van der Waals surface area (Å²) in [5, 5.41) is 2.87. The number of carbonyl (C=O) groups is 2. The van der Waals surface area contributed by atoms with Gasteiger partial charge in [0.1, 0.15) is 0 Å². The summed E-state index contributed by atoms with van der Waals surface area (Å²) in [6.07, 6.45) is 1.41. The number of hydrogen-bond acceptors (Lipinski definition) is 5. The molecule has 21 heavy (non-hydrogen) atoms. The Balaban J connectivity index is 2.07. The Hall–Kier alpha value is -2.24. The second kappa shape index (κ2) is 6.47. The van der Waals surface area contributed by atoms with Crippen LogP contribution in [0.3, 0.4) is 0 Å². The first-order valence-corrected chi connectivity index (χ1v) is 6.78. The maximum absolute atomic E-state index is 11.9. The predicted molar refractivity (Wildman–Crippen MR) is 75.6 cm³/mol. The zero-order valence-corrected chi connectivity index (χ0v) is 12.3. The maximum Gasteiger partial charge on any atom is 0.337 e. The van der Waals surface area contributed by atoms with Crippen LogP contribution in [0.15, 0.2) is 18.2 Å². The molecular weight excluding hydrogens is 274 g/mol. The molecule has 1 aromatic carbocycles. The standard InChI is InChI=1S/C15H19NO5/c1-9(14(17)16-11-5-6-11)21-12-7-4-10(15(18)20-3)8-13(12)19-2/h4,7-9,11H,5-6H2,1-3H3,(H,16,17)/t9-/m0/s1. The summed E-state index contributed by atoms with van der Waals surface area (Å²) in [5.74, 6) is 0.170. The first-order valence-electron chi connectivity index (χ1n) is 6.78. The fourth-order valence-corrected chi connectivity index (χ4v) is 1.80. The number of ether oxygens (including phenoxy) is 3. The third-order valence-corrected chi connectivity index (χ3v) is 3.18. The van der Waals surface area contributed by atoms with Crippen molar-refractivity contribution in [3.63, 3.8) is 0 Å². The normalized spacial score (nSPS) is 15.0. The van der Waals surface area contributed by atoms with E-state index >= 15 is 0 Å². The Bertz CT molecular complexity index is 539. The molecule has 1 aliphatic rings. The Morgan fingerprint density at radius 1 is 1.24 bits per heavy atom. The van der Waals surface area contributed by atoms with Gasteiger partial charge in [0, 0.05) is 6.04 Å². The minimum Gasteiger partial charge on any atom is -0.493 e. The second-order valence-electron chi connectivity index (χ2n) is 4.90. The summed E-state index contributed by atoms with van der Waals surface area (Å²) in [4.78, 5) is 23.3. The average Bonchev–Trinajstić information content (AvgIpc) is 3.30. The minimum absolute atomic E-state index is 0.156. The minimum atomic E-state index is -0.636. The van der Waals surface area contributed by atoms with E-state index in [1.807, 2.05) is 0 Å². The molecule has 1 amide bonds. The van der Waals surface area contributed by atoms with Crippen LogP contribution in [0.4, 0.5) is 0 Å². The second-order valence-corrected chi connectivity index (χ2v) is 4.90. The third kappa shape index (κ3) is 3.87. The molecule has 0 aromatic heterocycles. The van der Waals surface area contributed by atoms with Crippen LogP contribution in [0.1, 0.15) is 30.1 Å². The zero-order chi connectivity index (χ0) is 15.4. The molecule has 1 atom stereocenters. The van der Waals surface area contributed by atoms with Gasteiger partial charge in [0.05, 0.1) is 19.8 Å². The Morgan fingerprint density at radius 3 is 2.52 bits per heavy atom. The fourth-order valence-electron chi connectivity index (χ4n) is 1.80. The summed E-state index contributed by atoms with van der Waals surface area (Å²) in [7, 11) is 2.78. The van der Waals surface area contributed by atoms with Crippen molar-refractivity contribution in [2.75, 3.05) is 14.2 Å². The highest BCUT2D eigenvalue weighted by molar-refractivity contribution is 5.90. The van der Waals surface area contributed by atoms with Crippen LogP contribution >= 0.6 is 0 Å². The fraction of sp³-hybridized carbons (Fsp3) is 0.467. The van der Waals surface area contributed by atoms with Crippen molar-refractivity contribution in [3.05, 3.63) is 23.8 Å². The van der Waals surface area contributed by atoms with Crippen molar-refractivity contribution < 1.29 is 23.8 Å². The molecule has 1 N–H and O–H groups in total. The molecule has 0 heterocycles.